The van der Waals surface area contributed by atoms with Crippen molar-refractivity contribution in [2.75, 3.05) is 36.4 Å². The van der Waals surface area contributed by atoms with E-state index in [0.29, 0.717) is 23.8 Å². The van der Waals surface area contributed by atoms with Crippen molar-refractivity contribution in [3.63, 3.8) is 0 Å². The first-order chi connectivity index (χ1) is 11.1. The first-order valence-corrected chi connectivity index (χ1v) is 7.80. The number of benzene rings is 1. The van der Waals surface area contributed by atoms with E-state index in [1.54, 1.807) is 18.2 Å². The largest absolute Gasteiger partial charge is 0.356 e. The molecule has 0 bridgehead atoms. The van der Waals surface area contributed by atoms with Gasteiger partial charge in [0.25, 0.3) is 0 Å². The number of carbonyl (C=O) groups is 3. The van der Waals surface area contributed by atoms with Crippen LogP contribution in [0.25, 0.3) is 0 Å². The molecule has 0 spiro atoms. The van der Waals surface area contributed by atoms with Crippen LogP contribution in [0, 0.1) is 5.92 Å². The number of anilines is 2. The Morgan fingerprint density at radius 1 is 1.21 bits per heavy atom. The maximum absolute atomic E-state index is 12.4. The van der Waals surface area contributed by atoms with Crippen molar-refractivity contribution >= 4 is 41.5 Å². The van der Waals surface area contributed by atoms with Gasteiger partial charge in [0.15, 0.2) is 0 Å². The van der Waals surface area contributed by atoms with Crippen LogP contribution in [-0.4, -0.2) is 43.9 Å². The van der Waals surface area contributed by atoms with E-state index >= 15 is 0 Å². The Morgan fingerprint density at radius 3 is 2.67 bits per heavy atom. The second-order valence-electron chi connectivity index (χ2n) is 5.87. The van der Waals surface area contributed by atoms with E-state index in [1.165, 1.54) is 4.90 Å². The minimum absolute atomic E-state index is 0. The zero-order valence-corrected chi connectivity index (χ0v) is 14.0. The Kier molecular flexibility index (Phi) is 6.16. The molecule has 0 radical (unpaired) electrons. The highest BCUT2D eigenvalue weighted by atomic mass is 35.5. The molecule has 3 rings (SSSR count). The van der Waals surface area contributed by atoms with Crippen molar-refractivity contribution in [2.24, 2.45) is 5.92 Å². The van der Waals surface area contributed by atoms with E-state index in [2.05, 4.69) is 16.0 Å². The molecule has 0 unspecified atom stereocenters. The third-order valence-electron chi connectivity index (χ3n) is 4.09. The molecule has 24 heavy (non-hydrogen) atoms. The monoisotopic (exact) mass is 352 g/mol. The standard InChI is InChI=1S/C16H20N4O3.ClH/c21-14(18-9-11-7-17-8-11)5-6-16(23)20-10-15(22)19-12-3-1-2-4-13(12)20;/h1-4,11,17H,5-10H2,(H,18,21)(H,19,22);1H. The summed E-state index contributed by atoms with van der Waals surface area (Å²) in [5.74, 6) is -0.0703. The SMILES string of the molecule is Cl.O=C(CCC(=O)N1CC(=O)Nc2ccccc21)NCC1CNC1. The summed E-state index contributed by atoms with van der Waals surface area (Å²) in [5, 5.41) is 8.72. The molecule has 2 aliphatic rings. The van der Waals surface area contributed by atoms with Gasteiger partial charge in [-0.05, 0) is 12.1 Å². The second-order valence-corrected chi connectivity index (χ2v) is 5.87. The molecule has 1 aromatic rings. The van der Waals surface area contributed by atoms with Crippen LogP contribution >= 0.6 is 12.4 Å². The number of hydrogen-bond donors (Lipinski definition) is 3. The van der Waals surface area contributed by atoms with Crippen LogP contribution in [0.3, 0.4) is 0 Å². The number of nitrogens with one attached hydrogen (secondary N) is 3. The fourth-order valence-electron chi connectivity index (χ4n) is 2.65. The summed E-state index contributed by atoms with van der Waals surface area (Å²) in [6.07, 6.45) is 0.232. The van der Waals surface area contributed by atoms with Crippen LogP contribution in [0.4, 0.5) is 11.4 Å². The van der Waals surface area contributed by atoms with Gasteiger partial charge in [0.1, 0.15) is 6.54 Å². The molecular formula is C16H21ClN4O3. The molecule has 1 aromatic carbocycles. The maximum atomic E-state index is 12.4. The smallest absolute Gasteiger partial charge is 0.244 e. The van der Waals surface area contributed by atoms with Crippen molar-refractivity contribution < 1.29 is 14.4 Å². The molecule has 3 amide bonds. The lowest BCUT2D eigenvalue weighted by Crippen LogP contribution is -2.48. The van der Waals surface area contributed by atoms with Gasteiger partial charge < -0.3 is 20.9 Å². The van der Waals surface area contributed by atoms with Crippen molar-refractivity contribution in [2.45, 2.75) is 12.8 Å². The van der Waals surface area contributed by atoms with Gasteiger partial charge in [-0.15, -0.1) is 12.4 Å². The second kappa shape index (κ2) is 8.12. The van der Waals surface area contributed by atoms with Gasteiger partial charge in [0, 0.05) is 38.4 Å². The average molecular weight is 353 g/mol. The van der Waals surface area contributed by atoms with E-state index in [9.17, 15) is 14.4 Å². The summed E-state index contributed by atoms with van der Waals surface area (Å²) in [4.78, 5) is 37.3. The lowest BCUT2D eigenvalue weighted by Gasteiger charge is -2.29. The highest BCUT2D eigenvalue weighted by molar-refractivity contribution is 6.10. The lowest BCUT2D eigenvalue weighted by molar-refractivity contribution is -0.125. The average Bonchev–Trinajstić information content (AvgIpc) is 2.50. The summed E-state index contributed by atoms with van der Waals surface area (Å²) in [7, 11) is 0. The summed E-state index contributed by atoms with van der Waals surface area (Å²) in [5.41, 5.74) is 1.30. The molecule has 1 saturated heterocycles. The van der Waals surface area contributed by atoms with Gasteiger partial charge in [0.2, 0.25) is 17.7 Å². The number of nitrogens with zero attached hydrogens (tertiary/aromatic N) is 1. The predicted octanol–water partition coefficient (Wildman–Crippen LogP) is 0.509. The first-order valence-electron chi connectivity index (χ1n) is 7.80. The molecule has 0 aliphatic carbocycles. The third kappa shape index (κ3) is 4.24. The maximum Gasteiger partial charge on any atom is 0.244 e. The minimum atomic E-state index is -0.223. The van der Waals surface area contributed by atoms with Crippen LogP contribution in [0.1, 0.15) is 12.8 Å². The van der Waals surface area contributed by atoms with Crippen LogP contribution in [0.5, 0.6) is 0 Å². The molecule has 0 atom stereocenters. The van der Waals surface area contributed by atoms with Gasteiger partial charge in [-0.25, -0.2) is 0 Å². The molecular weight excluding hydrogens is 332 g/mol. The summed E-state index contributed by atoms with van der Waals surface area (Å²) >= 11 is 0. The van der Waals surface area contributed by atoms with Crippen molar-refractivity contribution in [3.05, 3.63) is 24.3 Å². The Labute approximate surface area is 146 Å². The zero-order chi connectivity index (χ0) is 16.2. The Bertz CT molecular complexity index is 634. The zero-order valence-electron chi connectivity index (χ0n) is 13.2. The number of carbonyl (C=O) groups excluding carboxylic acids is 3. The summed E-state index contributed by atoms with van der Waals surface area (Å²) in [6, 6.07) is 7.16. The van der Waals surface area contributed by atoms with Crippen LogP contribution < -0.4 is 20.9 Å². The van der Waals surface area contributed by atoms with E-state index < -0.39 is 0 Å². The van der Waals surface area contributed by atoms with Crippen molar-refractivity contribution in [1.29, 1.82) is 0 Å². The Morgan fingerprint density at radius 2 is 1.96 bits per heavy atom. The predicted molar refractivity (Wildman–Crippen MR) is 93.3 cm³/mol. The highest BCUT2D eigenvalue weighted by Crippen LogP contribution is 2.29. The summed E-state index contributed by atoms with van der Waals surface area (Å²) < 4.78 is 0. The molecule has 0 aromatic heterocycles. The van der Waals surface area contributed by atoms with Crippen LogP contribution in [0.15, 0.2) is 24.3 Å². The first kappa shape index (κ1) is 18.2. The van der Waals surface area contributed by atoms with Gasteiger partial charge >= 0.3 is 0 Å². The molecule has 7 nitrogen and oxygen atoms in total. The van der Waals surface area contributed by atoms with Gasteiger partial charge in [0.05, 0.1) is 11.4 Å². The van der Waals surface area contributed by atoms with Crippen molar-refractivity contribution in [3.8, 4) is 0 Å². The number of rotatable bonds is 5. The number of amides is 3. The van der Waals surface area contributed by atoms with E-state index in [0.717, 1.165) is 13.1 Å². The fraction of sp³-hybridized carbons (Fsp3) is 0.438. The quantitative estimate of drug-likeness (QED) is 0.720. The normalized spacial score (nSPS) is 16.3. The lowest BCUT2D eigenvalue weighted by atomic mass is 10.0. The Balaban J connectivity index is 0.00000208. The molecule has 2 heterocycles. The molecule has 130 valence electrons. The van der Waals surface area contributed by atoms with Crippen LogP contribution in [0.2, 0.25) is 0 Å². The molecule has 2 aliphatic heterocycles. The molecule has 0 saturated carbocycles. The Hall–Kier alpha value is -2.12. The van der Waals surface area contributed by atoms with Gasteiger partial charge in [-0.1, -0.05) is 12.1 Å². The summed E-state index contributed by atoms with van der Waals surface area (Å²) in [6.45, 7) is 2.50. The number of para-hydroxylation sites is 2. The van der Waals surface area contributed by atoms with Crippen LogP contribution in [-0.2, 0) is 14.4 Å². The van der Waals surface area contributed by atoms with Gasteiger partial charge in [-0.3, -0.25) is 14.4 Å². The molecule has 3 N–H and O–H groups in total. The van der Waals surface area contributed by atoms with Crippen molar-refractivity contribution in [1.82, 2.24) is 10.6 Å². The molecule has 1 fully saturated rings. The number of fused-ring (bicyclic) bond motifs is 1. The highest BCUT2D eigenvalue weighted by Gasteiger charge is 2.26. The minimum Gasteiger partial charge on any atom is -0.356 e. The van der Waals surface area contributed by atoms with E-state index in [4.69, 9.17) is 0 Å². The topological polar surface area (TPSA) is 90.5 Å². The van der Waals surface area contributed by atoms with Gasteiger partial charge in [-0.2, -0.15) is 0 Å². The third-order valence-corrected chi connectivity index (χ3v) is 4.09. The van der Waals surface area contributed by atoms with E-state index in [1.807, 2.05) is 6.07 Å². The number of hydrogen-bond acceptors (Lipinski definition) is 4. The fourth-order valence-corrected chi connectivity index (χ4v) is 2.65. The molecule has 8 heteroatoms. The van der Waals surface area contributed by atoms with E-state index in [-0.39, 0.29) is 49.5 Å². The number of halogens is 1.